The Bertz CT molecular complexity index is 1400. The van der Waals surface area contributed by atoms with Crippen molar-refractivity contribution in [3.05, 3.63) is 59.7 Å². The van der Waals surface area contributed by atoms with Crippen LogP contribution in [0.2, 0.25) is 0 Å². The molecule has 2 heterocycles. The Kier molecular flexibility index (Phi) is 19.8. The van der Waals surface area contributed by atoms with Gasteiger partial charge in [-0.25, -0.2) is 0 Å². The van der Waals surface area contributed by atoms with Gasteiger partial charge in [-0.15, -0.1) is 0 Å². The molecule has 0 saturated carbocycles. The van der Waals surface area contributed by atoms with Crippen molar-refractivity contribution in [3.8, 4) is 5.75 Å². The van der Waals surface area contributed by atoms with Crippen LogP contribution >= 0.6 is 0 Å². The van der Waals surface area contributed by atoms with Gasteiger partial charge in [0.05, 0.1) is 117 Å². The van der Waals surface area contributed by atoms with Crippen molar-refractivity contribution in [2.24, 2.45) is 0 Å². The molecule has 0 radical (unpaired) electrons. The third-order valence-corrected chi connectivity index (χ3v) is 7.87. The molecule has 1 atom stereocenters. The van der Waals surface area contributed by atoms with Gasteiger partial charge in [0, 0.05) is 18.7 Å². The molecular formula is C37H51N3O13. The van der Waals surface area contributed by atoms with Gasteiger partial charge in [-0.05, 0) is 30.7 Å². The van der Waals surface area contributed by atoms with Crippen LogP contribution in [0.4, 0.5) is 5.69 Å². The SMILES string of the molecule is O=C1CCC(N2C(=O)c3cccc(NCCOCCOCCOCCOCCOCCOCCOCCOCCOc4ccccc4)c3C2=O)C(=O)N1. The zero-order valence-corrected chi connectivity index (χ0v) is 30.1. The summed E-state index contributed by atoms with van der Waals surface area (Å²) in [6, 6.07) is 13.5. The summed E-state index contributed by atoms with van der Waals surface area (Å²) in [5.41, 5.74) is 0.911. The van der Waals surface area contributed by atoms with Crippen molar-refractivity contribution in [2.75, 3.05) is 124 Å². The Balaban J connectivity index is 0.861. The molecule has 1 unspecified atom stereocenters. The van der Waals surface area contributed by atoms with E-state index in [1.165, 1.54) is 0 Å². The van der Waals surface area contributed by atoms with Crippen LogP contribution in [0, 0.1) is 0 Å². The van der Waals surface area contributed by atoms with Crippen molar-refractivity contribution in [1.29, 1.82) is 0 Å². The number of rotatable bonds is 30. The predicted molar refractivity (Wildman–Crippen MR) is 190 cm³/mol. The van der Waals surface area contributed by atoms with Crippen LogP contribution < -0.4 is 15.4 Å². The zero-order chi connectivity index (χ0) is 37.4. The molecular weight excluding hydrogens is 694 g/mol. The minimum absolute atomic E-state index is 0.0667. The number of anilines is 1. The second-order valence-electron chi connectivity index (χ2n) is 11.7. The van der Waals surface area contributed by atoms with E-state index in [9.17, 15) is 19.2 Å². The standard InChI is InChI=1S/C37H51N3O13/c41-33-10-9-32(35(42)39-33)40-36(43)30-7-4-8-31(34(30)37(40)44)38-11-12-45-13-14-46-15-16-47-17-18-48-19-20-49-21-22-50-23-24-51-25-26-52-27-28-53-29-5-2-1-3-6-29/h1-8,32,38H,9-28H2,(H,39,41,42). The molecule has 1 saturated heterocycles. The number of nitrogens with one attached hydrogen (secondary N) is 2. The number of piperidine rings is 1. The first-order valence-corrected chi connectivity index (χ1v) is 17.9. The van der Waals surface area contributed by atoms with Crippen LogP contribution in [0.25, 0.3) is 0 Å². The molecule has 1 fully saturated rings. The quantitative estimate of drug-likeness (QED) is 0.0872. The van der Waals surface area contributed by atoms with E-state index in [1.807, 2.05) is 30.3 Å². The van der Waals surface area contributed by atoms with Crippen molar-refractivity contribution in [1.82, 2.24) is 10.2 Å². The minimum atomic E-state index is -1.01. The highest BCUT2D eigenvalue weighted by molar-refractivity contribution is 6.25. The smallest absolute Gasteiger partial charge is 0.264 e. The second kappa shape index (κ2) is 25.1. The number of carbonyl (C=O) groups is 4. The lowest BCUT2D eigenvalue weighted by atomic mass is 10.0. The van der Waals surface area contributed by atoms with E-state index in [0.717, 1.165) is 10.6 Å². The summed E-state index contributed by atoms with van der Waals surface area (Å²) in [6.45, 7) is 8.15. The molecule has 16 heteroatoms. The fraction of sp³-hybridized carbons (Fsp3) is 0.568. The van der Waals surface area contributed by atoms with Gasteiger partial charge in [0.15, 0.2) is 0 Å². The summed E-state index contributed by atoms with van der Waals surface area (Å²) >= 11 is 0. The number of para-hydroxylation sites is 1. The Morgan fingerprint density at radius 3 is 1.57 bits per heavy atom. The summed E-state index contributed by atoms with van der Waals surface area (Å²) in [5, 5.41) is 5.33. The normalized spacial score (nSPS) is 15.5. The lowest BCUT2D eigenvalue weighted by Crippen LogP contribution is -2.54. The summed E-state index contributed by atoms with van der Waals surface area (Å²) in [4.78, 5) is 50.8. The monoisotopic (exact) mass is 745 g/mol. The van der Waals surface area contributed by atoms with Crippen LogP contribution in [0.3, 0.4) is 0 Å². The number of benzene rings is 2. The van der Waals surface area contributed by atoms with Crippen LogP contribution in [0.15, 0.2) is 48.5 Å². The fourth-order valence-corrected chi connectivity index (χ4v) is 5.30. The fourth-order valence-electron chi connectivity index (χ4n) is 5.30. The maximum absolute atomic E-state index is 13.1. The lowest BCUT2D eigenvalue weighted by molar-refractivity contribution is -0.136. The van der Waals surface area contributed by atoms with E-state index >= 15 is 0 Å². The van der Waals surface area contributed by atoms with Crippen molar-refractivity contribution in [2.45, 2.75) is 18.9 Å². The van der Waals surface area contributed by atoms with Gasteiger partial charge in [0.2, 0.25) is 11.8 Å². The van der Waals surface area contributed by atoms with Crippen molar-refractivity contribution < 1.29 is 61.8 Å². The minimum Gasteiger partial charge on any atom is -0.491 e. The maximum atomic E-state index is 13.1. The van der Waals surface area contributed by atoms with Gasteiger partial charge in [-0.3, -0.25) is 29.4 Å². The molecule has 2 aliphatic rings. The lowest BCUT2D eigenvalue weighted by Gasteiger charge is -2.27. The van der Waals surface area contributed by atoms with E-state index in [1.54, 1.807) is 18.2 Å². The summed E-state index contributed by atoms with van der Waals surface area (Å²) in [5.74, 6) is -1.33. The number of amides is 4. The van der Waals surface area contributed by atoms with Gasteiger partial charge in [-0.2, -0.15) is 0 Å². The third kappa shape index (κ3) is 15.1. The van der Waals surface area contributed by atoms with E-state index < -0.39 is 29.7 Å². The molecule has 2 aromatic rings. The van der Waals surface area contributed by atoms with Crippen LogP contribution in [0.5, 0.6) is 5.75 Å². The highest BCUT2D eigenvalue weighted by atomic mass is 16.6. The molecule has 4 amide bonds. The van der Waals surface area contributed by atoms with E-state index in [0.29, 0.717) is 125 Å². The number of nitrogens with zero attached hydrogens (tertiary/aromatic N) is 1. The molecule has 2 aromatic carbocycles. The third-order valence-electron chi connectivity index (χ3n) is 7.87. The maximum Gasteiger partial charge on any atom is 0.264 e. The first-order valence-electron chi connectivity index (χ1n) is 17.9. The molecule has 292 valence electrons. The number of carbonyl (C=O) groups excluding carboxylic acids is 4. The highest BCUT2D eigenvalue weighted by Crippen LogP contribution is 2.32. The highest BCUT2D eigenvalue weighted by Gasteiger charge is 2.45. The van der Waals surface area contributed by atoms with Gasteiger partial charge in [0.25, 0.3) is 11.8 Å². The number of imide groups is 2. The van der Waals surface area contributed by atoms with E-state index in [-0.39, 0.29) is 24.0 Å². The summed E-state index contributed by atoms with van der Waals surface area (Å²) in [6.07, 6.45) is 0.171. The second-order valence-corrected chi connectivity index (χ2v) is 11.7. The summed E-state index contributed by atoms with van der Waals surface area (Å²) < 4.78 is 49.6. The van der Waals surface area contributed by atoms with Crippen molar-refractivity contribution >= 4 is 29.3 Å². The Labute approximate surface area is 309 Å². The molecule has 4 rings (SSSR count). The molecule has 53 heavy (non-hydrogen) atoms. The molecule has 0 bridgehead atoms. The average molecular weight is 746 g/mol. The van der Waals surface area contributed by atoms with Gasteiger partial charge in [0.1, 0.15) is 18.4 Å². The van der Waals surface area contributed by atoms with Crippen LogP contribution in [-0.4, -0.2) is 153 Å². The molecule has 16 nitrogen and oxygen atoms in total. The number of hydrogen-bond donors (Lipinski definition) is 2. The Morgan fingerprint density at radius 2 is 1.06 bits per heavy atom. The zero-order valence-electron chi connectivity index (χ0n) is 30.1. The molecule has 2 N–H and O–H groups in total. The molecule has 2 aliphatic heterocycles. The van der Waals surface area contributed by atoms with E-state index in [4.69, 9.17) is 42.6 Å². The predicted octanol–water partition coefficient (Wildman–Crippen LogP) is 1.71. The van der Waals surface area contributed by atoms with Gasteiger partial charge in [-0.1, -0.05) is 24.3 Å². The average Bonchev–Trinajstić information content (AvgIpc) is 3.42. The Hall–Kier alpha value is -4.00. The first-order chi connectivity index (χ1) is 26.1. The van der Waals surface area contributed by atoms with Gasteiger partial charge < -0.3 is 47.9 Å². The van der Waals surface area contributed by atoms with Crippen molar-refractivity contribution in [3.63, 3.8) is 0 Å². The van der Waals surface area contributed by atoms with E-state index in [2.05, 4.69) is 10.6 Å². The number of ether oxygens (including phenoxy) is 9. The summed E-state index contributed by atoms with van der Waals surface area (Å²) in [7, 11) is 0. The van der Waals surface area contributed by atoms with Crippen LogP contribution in [0.1, 0.15) is 33.6 Å². The van der Waals surface area contributed by atoms with Gasteiger partial charge >= 0.3 is 0 Å². The molecule has 0 spiro atoms. The first kappa shape index (κ1) is 41.8. The number of fused-ring (bicyclic) bond motifs is 1. The topological polar surface area (TPSA) is 179 Å². The largest absolute Gasteiger partial charge is 0.491 e. The molecule has 0 aromatic heterocycles. The van der Waals surface area contributed by atoms with Crippen LogP contribution in [-0.2, 0) is 47.5 Å². The molecule has 0 aliphatic carbocycles. The Morgan fingerprint density at radius 1 is 0.566 bits per heavy atom. The number of hydrogen-bond acceptors (Lipinski definition) is 14.